The molecule has 0 aliphatic carbocycles. The van der Waals surface area contributed by atoms with Crippen molar-refractivity contribution in [3.05, 3.63) is 0 Å². The van der Waals surface area contributed by atoms with Crippen molar-refractivity contribution < 1.29 is 24.9 Å². The minimum absolute atomic E-state index is 0.174. The number of thioether (sulfide) groups is 1. The summed E-state index contributed by atoms with van der Waals surface area (Å²) in [5, 5.41) is 36.0. The second kappa shape index (κ2) is 9.91. The number of carbonyl (C=O) groups is 1. The zero-order valence-corrected chi connectivity index (χ0v) is 17.0. The van der Waals surface area contributed by atoms with Crippen molar-refractivity contribution in [3.8, 4) is 0 Å². The van der Waals surface area contributed by atoms with E-state index in [-0.39, 0.29) is 11.9 Å². The fourth-order valence-electron chi connectivity index (χ4n) is 3.52. The van der Waals surface area contributed by atoms with E-state index in [4.69, 9.17) is 16.3 Å². The number of aliphatic hydroxyl groups excluding tert-OH is 3. The first-order valence-electron chi connectivity index (χ1n) is 9.22. The number of hydrogen-bond acceptors (Lipinski definition) is 7. The molecule has 2 rings (SSSR count). The van der Waals surface area contributed by atoms with E-state index >= 15 is 0 Å². The summed E-state index contributed by atoms with van der Waals surface area (Å²) in [5.41, 5.74) is -0.702. The highest BCUT2D eigenvalue weighted by Gasteiger charge is 2.48. The molecule has 2 saturated heterocycles. The van der Waals surface area contributed by atoms with Crippen molar-refractivity contribution in [1.82, 2.24) is 10.6 Å². The predicted molar refractivity (Wildman–Crippen MR) is 102 cm³/mol. The SMILES string of the molecule is CCCC[C@H]1CN[C@@H]1C(=O)N[C@@H]([C@H]1O[C@H](SC)[C@H](O)[C@@H](O)[C@H]1O)[C@H](C)Cl. The lowest BCUT2D eigenvalue weighted by Crippen LogP contribution is -2.67. The van der Waals surface area contributed by atoms with Crippen LogP contribution in [0.3, 0.4) is 0 Å². The van der Waals surface area contributed by atoms with Crippen LogP contribution in [0, 0.1) is 5.92 Å². The van der Waals surface area contributed by atoms with Crippen molar-refractivity contribution in [2.75, 3.05) is 12.8 Å². The summed E-state index contributed by atoms with van der Waals surface area (Å²) < 4.78 is 5.76. The largest absolute Gasteiger partial charge is 0.388 e. The quantitative estimate of drug-likeness (QED) is 0.359. The number of hydrogen-bond donors (Lipinski definition) is 5. The predicted octanol–water partition coefficient (Wildman–Crippen LogP) is 0.0473. The molecule has 2 fully saturated rings. The topological polar surface area (TPSA) is 111 Å². The Balaban J connectivity index is 2.05. The molecule has 1 amide bonds. The van der Waals surface area contributed by atoms with Crippen LogP contribution in [-0.4, -0.2) is 81.3 Å². The molecule has 0 aromatic carbocycles. The molecule has 7 nitrogen and oxygen atoms in total. The lowest BCUT2D eigenvalue weighted by Gasteiger charge is -2.45. The summed E-state index contributed by atoms with van der Waals surface area (Å²) in [6.45, 7) is 4.65. The summed E-state index contributed by atoms with van der Waals surface area (Å²) in [4.78, 5) is 12.7. The highest BCUT2D eigenvalue weighted by atomic mass is 35.5. The van der Waals surface area contributed by atoms with Crippen LogP contribution in [0.4, 0.5) is 0 Å². The van der Waals surface area contributed by atoms with Gasteiger partial charge in [0.15, 0.2) is 0 Å². The van der Waals surface area contributed by atoms with E-state index in [2.05, 4.69) is 17.6 Å². The van der Waals surface area contributed by atoms with E-state index in [0.29, 0.717) is 5.92 Å². The maximum atomic E-state index is 12.7. The van der Waals surface area contributed by atoms with Crippen LogP contribution in [0.1, 0.15) is 33.1 Å². The third kappa shape index (κ3) is 4.84. The van der Waals surface area contributed by atoms with Gasteiger partial charge in [-0.2, -0.15) is 0 Å². The number of amides is 1. The highest BCUT2D eigenvalue weighted by molar-refractivity contribution is 7.99. The molecule has 0 bridgehead atoms. The fraction of sp³-hybridized carbons (Fsp3) is 0.941. The molecule has 0 aromatic rings. The van der Waals surface area contributed by atoms with E-state index in [0.717, 1.165) is 25.8 Å². The van der Waals surface area contributed by atoms with Crippen LogP contribution in [0.2, 0.25) is 0 Å². The number of alkyl halides is 1. The fourth-order valence-corrected chi connectivity index (χ4v) is 4.41. The van der Waals surface area contributed by atoms with Gasteiger partial charge >= 0.3 is 0 Å². The summed E-state index contributed by atoms with van der Waals surface area (Å²) in [7, 11) is 0. The maximum Gasteiger partial charge on any atom is 0.237 e. The van der Waals surface area contributed by atoms with Crippen molar-refractivity contribution >= 4 is 29.3 Å². The van der Waals surface area contributed by atoms with Gasteiger partial charge in [0.1, 0.15) is 29.9 Å². The molecule has 2 aliphatic heterocycles. The molecule has 9 atom stereocenters. The van der Waals surface area contributed by atoms with E-state index in [1.54, 1.807) is 13.2 Å². The molecule has 0 spiro atoms. The minimum atomic E-state index is -1.36. The van der Waals surface area contributed by atoms with Gasteiger partial charge < -0.3 is 30.7 Å². The third-order valence-electron chi connectivity index (χ3n) is 5.28. The van der Waals surface area contributed by atoms with E-state index in [9.17, 15) is 20.1 Å². The normalized spacial score (nSPS) is 39.7. The van der Waals surface area contributed by atoms with Gasteiger partial charge in [0, 0.05) is 6.54 Å². The molecule has 2 heterocycles. The Labute approximate surface area is 164 Å². The Morgan fingerprint density at radius 2 is 2.04 bits per heavy atom. The van der Waals surface area contributed by atoms with Crippen LogP contribution >= 0.6 is 23.4 Å². The first kappa shape index (κ1) is 22.2. The molecule has 26 heavy (non-hydrogen) atoms. The average molecular weight is 411 g/mol. The second-order valence-corrected chi connectivity index (χ2v) is 8.80. The molecule has 9 heteroatoms. The van der Waals surface area contributed by atoms with E-state index in [1.807, 2.05) is 0 Å². The van der Waals surface area contributed by atoms with Crippen molar-refractivity contribution in [1.29, 1.82) is 0 Å². The number of rotatable bonds is 8. The van der Waals surface area contributed by atoms with E-state index in [1.165, 1.54) is 11.8 Å². The third-order valence-corrected chi connectivity index (χ3v) is 6.40. The number of ether oxygens (including phenoxy) is 1. The van der Waals surface area contributed by atoms with Crippen LogP contribution in [0.25, 0.3) is 0 Å². The Morgan fingerprint density at radius 1 is 1.35 bits per heavy atom. The Bertz CT molecular complexity index is 470. The van der Waals surface area contributed by atoms with E-state index < -0.39 is 41.3 Å². The van der Waals surface area contributed by atoms with Crippen molar-refractivity contribution in [2.24, 2.45) is 5.92 Å². The van der Waals surface area contributed by atoms with Crippen LogP contribution in [0.5, 0.6) is 0 Å². The second-order valence-electron chi connectivity index (χ2n) is 7.18. The van der Waals surface area contributed by atoms with Gasteiger partial charge in [0.2, 0.25) is 5.91 Å². The molecular formula is C17H31ClN2O5S. The molecule has 0 unspecified atom stereocenters. The van der Waals surface area contributed by atoms with Gasteiger partial charge in [0.05, 0.1) is 17.5 Å². The molecule has 0 radical (unpaired) electrons. The van der Waals surface area contributed by atoms with Crippen LogP contribution in [-0.2, 0) is 9.53 Å². The molecule has 2 aliphatic rings. The monoisotopic (exact) mass is 410 g/mol. The smallest absolute Gasteiger partial charge is 0.237 e. The first-order chi connectivity index (χ1) is 12.3. The summed E-state index contributed by atoms with van der Waals surface area (Å²) in [6.07, 6.45) is 0.0839. The lowest BCUT2D eigenvalue weighted by molar-refractivity contribution is -0.205. The van der Waals surface area contributed by atoms with Crippen LogP contribution in [0.15, 0.2) is 0 Å². The number of aliphatic hydroxyl groups is 3. The molecule has 5 N–H and O–H groups in total. The highest BCUT2D eigenvalue weighted by Crippen LogP contribution is 2.30. The number of unbranched alkanes of at least 4 members (excludes halogenated alkanes) is 1. The van der Waals surface area contributed by atoms with Gasteiger partial charge in [-0.3, -0.25) is 4.79 Å². The minimum Gasteiger partial charge on any atom is -0.388 e. The first-order valence-corrected chi connectivity index (χ1v) is 10.9. The van der Waals surface area contributed by atoms with Gasteiger partial charge in [-0.1, -0.05) is 19.8 Å². The van der Waals surface area contributed by atoms with Gasteiger partial charge in [-0.25, -0.2) is 0 Å². The molecule has 0 saturated carbocycles. The Hall–Kier alpha value is -0.0900. The van der Waals surface area contributed by atoms with Crippen LogP contribution < -0.4 is 10.6 Å². The zero-order valence-electron chi connectivity index (χ0n) is 15.5. The summed E-state index contributed by atoms with van der Waals surface area (Å²) in [5.74, 6) is 0.122. The lowest BCUT2D eigenvalue weighted by atomic mass is 9.85. The molecule has 152 valence electrons. The van der Waals surface area contributed by atoms with Crippen molar-refractivity contribution in [3.63, 3.8) is 0 Å². The average Bonchev–Trinajstić information content (AvgIpc) is 2.57. The maximum absolute atomic E-state index is 12.7. The Kier molecular flexibility index (Phi) is 8.46. The van der Waals surface area contributed by atoms with Crippen molar-refractivity contribution in [2.45, 2.75) is 80.4 Å². The standard InChI is InChI=1S/C17H31ClN2O5S/c1-4-5-6-9-7-19-11(9)16(24)20-10(8(2)18)15-13(22)12(21)14(23)17(25-15)26-3/h8-15,17,19,21-23H,4-7H2,1-3H3,(H,20,24)/t8-,9-,10+,11-,12-,13+,14+,15+,17+/m0/s1. The summed E-state index contributed by atoms with van der Waals surface area (Å²) in [6, 6.07) is -0.961. The number of halogens is 1. The zero-order chi connectivity index (χ0) is 19.4. The Morgan fingerprint density at radius 3 is 2.54 bits per heavy atom. The summed E-state index contributed by atoms with van der Waals surface area (Å²) >= 11 is 7.50. The van der Waals surface area contributed by atoms with Gasteiger partial charge in [-0.15, -0.1) is 23.4 Å². The number of nitrogens with one attached hydrogen (secondary N) is 2. The molecule has 0 aromatic heterocycles. The molecular weight excluding hydrogens is 380 g/mol. The van der Waals surface area contributed by atoms with Gasteiger partial charge in [0.25, 0.3) is 0 Å². The van der Waals surface area contributed by atoms with Gasteiger partial charge in [-0.05, 0) is 25.5 Å². The number of carbonyl (C=O) groups excluding carboxylic acids is 1.